The molecule has 4 nitrogen and oxygen atoms in total. The van der Waals surface area contributed by atoms with Crippen LogP contribution in [0.2, 0.25) is 0 Å². The Balaban J connectivity index is 0.00000225. The molecular weight excluding hydrogens is 363 g/mol. The first-order valence-corrected chi connectivity index (χ1v) is 8.86. The van der Waals surface area contributed by atoms with E-state index < -0.39 is 5.82 Å². The molecule has 2 aromatic rings. The molecule has 1 aromatic carbocycles. The molecule has 1 aliphatic heterocycles. The maximum atomic E-state index is 13.7. The molecule has 134 valence electrons. The van der Waals surface area contributed by atoms with E-state index in [-0.39, 0.29) is 29.7 Å². The van der Waals surface area contributed by atoms with E-state index in [0.717, 1.165) is 4.88 Å². The highest BCUT2D eigenvalue weighted by Gasteiger charge is 2.24. The highest BCUT2D eigenvalue weighted by molar-refractivity contribution is 7.12. The first-order chi connectivity index (χ1) is 11.6. The van der Waals surface area contributed by atoms with Crippen molar-refractivity contribution in [2.75, 3.05) is 32.7 Å². The van der Waals surface area contributed by atoms with Crippen LogP contribution >= 0.6 is 23.7 Å². The van der Waals surface area contributed by atoms with Gasteiger partial charge in [0.1, 0.15) is 5.82 Å². The number of carbonyl (C=O) groups excluding carboxylic acids is 2. The second-order valence-corrected chi connectivity index (χ2v) is 6.71. The van der Waals surface area contributed by atoms with Crippen molar-refractivity contribution in [1.29, 1.82) is 0 Å². The molecule has 0 saturated carbocycles. The third-order valence-electron chi connectivity index (χ3n) is 4.21. The van der Waals surface area contributed by atoms with E-state index in [2.05, 4.69) is 4.90 Å². The van der Waals surface area contributed by atoms with E-state index >= 15 is 0 Å². The van der Waals surface area contributed by atoms with E-state index in [1.807, 2.05) is 17.5 Å². The van der Waals surface area contributed by atoms with E-state index in [9.17, 15) is 14.0 Å². The normalized spacial score (nSPS) is 14.8. The number of carbonyl (C=O) groups is 2. The first kappa shape index (κ1) is 19.6. The van der Waals surface area contributed by atoms with Gasteiger partial charge in [-0.3, -0.25) is 14.5 Å². The quantitative estimate of drug-likeness (QED) is 0.745. The molecule has 2 heterocycles. The Hall–Kier alpha value is -1.76. The maximum absolute atomic E-state index is 13.7. The topological polar surface area (TPSA) is 40.6 Å². The van der Waals surface area contributed by atoms with Crippen LogP contribution in [0.3, 0.4) is 0 Å². The predicted octanol–water partition coefficient (Wildman–Crippen LogP) is 3.34. The summed E-state index contributed by atoms with van der Waals surface area (Å²) in [5.74, 6) is -0.580. The number of rotatable bonds is 5. The SMILES string of the molecule is Cl.O=C(CCN1CCN(C(=O)c2ccccc2F)CC1)c1cccs1. The van der Waals surface area contributed by atoms with Crippen LogP contribution in [0, 0.1) is 5.82 Å². The minimum atomic E-state index is -0.480. The molecule has 0 spiro atoms. The molecule has 0 radical (unpaired) electrons. The minimum Gasteiger partial charge on any atom is -0.336 e. The number of Topliss-reactive ketones (excluding diaryl/α,β-unsaturated/α-hetero) is 1. The van der Waals surface area contributed by atoms with Crippen LogP contribution in [0.4, 0.5) is 4.39 Å². The molecule has 25 heavy (non-hydrogen) atoms. The molecule has 1 fully saturated rings. The van der Waals surface area contributed by atoms with Gasteiger partial charge in [-0.1, -0.05) is 18.2 Å². The van der Waals surface area contributed by atoms with E-state index in [1.54, 1.807) is 17.0 Å². The predicted molar refractivity (Wildman–Crippen MR) is 99.3 cm³/mol. The van der Waals surface area contributed by atoms with Crippen molar-refractivity contribution in [2.45, 2.75) is 6.42 Å². The summed E-state index contributed by atoms with van der Waals surface area (Å²) in [6, 6.07) is 9.80. The number of piperazine rings is 1. The number of hydrogen-bond acceptors (Lipinski definition) is 4. The smallest absolute Gasteiger partial charge is 0.256 e. The Bertz CT molecular complexity index is 716. The van der Waals surface area contributed by atoms with Crippen LogP contribution in [0.5, 0.6) is 0 Å². The van der Waals surface area contributed by atoms with Crippen LogP contribution in [0.1, 0.15) is 26.5 Å². The van der Waals surface area contributed by atoms with Gasteiger partial charge in [0, 0.05) is 39.1 Å². The average molecular weight is 383 g/mol. The molecule has 1 aliphatic rings. The molecular formula is C18H20ClFN2O2S. The highest BCUT2D eigenvalue weighted by Crippen LogP contribution is 2.14. The summed E-state index contributed by atoms with van der Waals surface area (Å²) >= 11 is 1.46. The molecule has 7 heteroatoms. The van der Waals surface area contributed by atoms with Crippen LogP contribution in [-0.4, -0.2) is 54.2 Å². The van der Waals surface area contributed by atoms with Crippen molar-refractivity contribution in [3.8, 4) is 0 Å². The lowest BCUT2D eigenvalue weighted by molar-refractivity contribution is 0.0624. The number of benzene rings is 1. The summed E-state index contributed by atoms with van der Waals surface area (Å²) in [5, 5.41) is 1.90. The number of nitrogens with zero attached hydrogens (tertiary/aromatic N) is 2. The standard InChI is InChI=1S/C18H19FN2O2S.ClH/c19-15-5-2-1-4-14(15)18(23)21-11-9-20(10-12-21)8-7-16(22)17-6-3-13-24-17;/h1-6,13H,7-12H2;1H. The van der Waals surface area contributed by atoms with Crippen LogP contribution in [0.15, 0.2) is 41.8 Å². The molecule has 1 amide bonds. The lowest BCUT2D eigenvalue weighted by Gasteiger charge is -2.34. The number of ketones is 1. The second-order valence-electron chi connectivity index (χ2n) is 5.76. The van der Waals surface area contributed by atoms with Gasteiger partial charge in [0.15, 0.2) is 5.78 Å². The Morgan fingerprint density at radius 2 is 1.76 bits per heavy atom. The van der Waals surface area contributed by atoms with Crippen LogP contribution in [0.25, 0.3) is 0 Å². The van der Waals surface area contributed by atoms with Crippen molar-refractivity contribution >= 4 is 35.4 Å². The van der Waals surface area contributed by atoms with Gasteiger partial charge < -0.3 is 4.90 Å². The lowest BCUT2D eigenvalue weighted by Crippen LogP contribution is -2.49. The largest absolute Gasteiger partial charge is 0.336 e. The first-order valence-electron chi connectivity index (χ1n) is 7.98. The number of amides is 1. The van der Waals surface area contributed by atoms with Gasteiger partial charge >= 0.3 is 0 Å². The fourth-order valence-electron chi connectivity index (χ4n) is 2.80. The fraction of sp³-hybridized carbons (Fsp3) is 0.333. The Labute approximate surface area is 156 Å². The number of hydrogen-bond donors (Lipinski definition) is 0. The van der Waals surface area contributed by atoms with Gasteiger partial charge in [-0.2, -0.15) is 0 Å². The van der Waals surface area contributed by atoms with E-state index in [0.29, 0.717) is 39.1 Å². The minimum absolute atomic E-state index is 0. The monoisotopic (exact) mass is 382 g/mol. The molecule has 0 unspecified atom stereocenters. The summed E-state index contributed by atoms with van der Waals surface area (Å²) in [6.45, 7) is 3.22. The fourth-order valence-corrected chi connectivity index (χ4v) is 3.49. The summed E-state index contributed by atoms with van der Waals surface area (Å²) in [5.41, 5.74) is 0.124. The summed E-state index contributed by atoms with van der Waals surface area (Å²) < 4.78 is 13.7. The third-order valence-corrected chi connectivity index (χ3v) is 5.13. The zero-order chi connectivity index (χ0) is 16.9. The molecule has 0 bridgehead atoms. The van der Waals surface area contributed by atoms with Crippen LogP contribution in [-0.2, 0) is 0 Å². The van der Waals surface area contributed by atoms with E-state index in [1.165, 1.54) is 23.5 Å². The van der Waals surface area contributed by atoms with Crippen molar-refractivity contribution in [3.05, 3.63) is 58.0 Å². The number of thiophene rings is 1. The van der Waals surface area contributed by atoms with Gasteiger partial charge in [-0.15, -0.1) is 23.7 Å². The van der Waals surface area contributed by atoms with Gasteiger partial charge in [0.2, 0.25) is 0 Å². The molecule has 1 saturated heterocycles. The van der Waals surface area contributed by atoms with Crippen LogP contribution < -0.4 is 0 Å². The van der Waals surface area contributed by atoms with Gasteiger partial charge in [0.25, 0.3) is 5.91 Å². The molecule has 0 aliphatic carbocycles. The summed E-state index contributed by atoms with van der Waals surface area (Å²) in [6.07, 6.45) is 0.488. The van der Waals surface area contributed by atoms with Gasteiger partial charge in [-0.05, 0) is 23.6 Å². The molecule has 3 rings (SSSR count). The average Bonchev–Trinajstić information content (AvgIpc) is 3.15. The zero-order valence-corrected chi connectivity index (χ0v) is 15.3. The molecule has 0 N–H and O–H groups in total. The lowest BCUT2D eigenvalue weighted by atomic mass is 10.1. The Kier molecular flexibility index (Phi) is 7.11. The number of halogens is 2. The van der Waals surface area contributed by atoms with Crippen molar-refractivity contribution in [2.24, 2.45) is 0 Å². The Morgan fingerprint density at radius 1 is 1.04 bits per heavy atom. The molecule has 1 aromatic heterocycles. The van der Waals surface area contributed by atoms with Crippen molar-refractivity contribution in [3.63, 3.8) is 0 Å². The van der Waals surface area contributed by atoms with Gasteiger partial charge in [-0.25, -0.2) is 4.39 Å². The molecule has 0 atom stereocenters. The summed E-state index contributed by atoms with van der Waals surface area (Å²) in [4.78, 5) is 29.0. The van der Waals surface area contributed by atoms with E-state index in [4.69, 9.17) is 0 Å². The maximum Gasteiger partial charge on any atom is 0.256 e. The van der Waals surface area contributed by atoms with Crippen molar-refractivity contribution in [1.82, 2.24) is 9.80 Å². The Morgan fingerprint density at radius 3 is 2.40 bits per heavy atom. The third kappa shape index (κ3) is 4.87. The highest BCUT2D eigenvalue weighted by atomic mass is 35.5. The zero-order valence-electron chi connectivity index (χ0n) is 13.7. The van der Waals surface area contributed by atoms with Crippen molar-refractivity contribution < 1.29 is 14.0 Å². The van der Waals surface area contributed by atoms with Gasteiger partial charge in [0.05, 0.1) is 10.4 Å². The second kappa shape index (κ2) is 9.08. The summed E-state index contributed by atoms with van der Waals surface area (Å²) in [7, 11) is 0.